The van der Waals surface area contributed by atoms with Crippen LogP contribution in [0.1, 0.15) is 27.7 Å². The van der Waals surface area contributed by atoms with E-state index >= 15 is 0 Å². The minimum Gasteiger partial charge on any atom is -0.365 e. The molecule has 0 saturated carbocycles. The molecule has 2 atom stereocenters. The molecular weight excluding hydrogens is 324 g/mol. The lowest BCUT2D eigenvalue weighted by Crippen LogP contribution is -2.59. The topological polar surface area (TPSA) is 15.3 Å². The normalized spacial score (nSPS) is 24.6. The number of hydrogen-bond acceptors (Lipinski definition) is 2. The van der Waals surface area contributed by atoms with Crippen molar-refractivity contribution in [3.63, 3.8) is 0 Å². The van der Waals surface area contributed by atoms with Crippen molar-refractivity contribution in [3.8, 4) is 0 Å². The largest absolute Gasteiger partial charge is 0.365 e. The average Bonchev–Trinajstić information content (AvgIpc) is 2.32. The van der Waals surface area contributed by atoms with Gasteiger partial charge in [-0.3, -0.25) is 0 Å². The summed E-state index contributed by atoms with van der Waals surface area (Å²) < 4.78 is 1.11. The van der Waals surface area contributed by atoms with E-state index in [4.69, 9.17) is 11.6 Å². The van der Waals surface area contributed by atoms with Gasteiger partial charge in [0.15, 0.2) is 0 Å². The predicted octanol–water partition coefficient (Wildman–Crippen LogP) is 4.32. The van der Waals surface area contributed by atoms with E-state index in [0.717, 1.165) is 22.6 Å². The van der Waals surface area contributed by atoms with Gasteiger partial charge in [-0.1, -0.05) is 32.4 Å². The Bertz CT molecular complexity index is 456. The van der Waals surface area contributed by atoms with E-state index in [0.29, 0.717) is 12.1 Å². The van der Waals surface area contributed by atoms with Crippen molar-refractivity contribution < 1.29 is 0 Å². The van der Waals surface area contributed by atoms with Gasteiger partial charge >= 0.3 is 0 Å². The summed E-state index contributed by atoms with van der Waals surface area (Å²) in [4.78, 5) is 2.45. The van der Waals surface area contributed by atoms with Crippen LogP contribution in [-0.2, 0) is 0 Å². The number of nitrogens with one attached hydrogen (secondary N) is 1. The van der Waals surface area contributed by atoms with Crippen LogP contribution in [0.2, 0.25) is 5.02 Å². The number of hydrogen-bond donors (Lipinski definition) is 1. The number of nitrogens with zero attached hydrogens (tertiary/aromatic N) is 1. The molecule has 0 bridgehead atoms. The summed E-state index contributed by atoms with van der Waals surface area (Å²) in [6.07, 6.45) is 0. The van der Waals surface area contributed by atoms with Gasteiger partial charge in [-0.2, -0.15) is 0 Å². The zero-order valence-corrected chi connectivity index (χ0v) is 14.3. The van der Waals surface area contributed by atoms with Gasteiger partial charge in [0.25, 0.3) is 0 Å². The highest BCUT2D eigenvalue weighted by Crippen LogP contribution is 2.33. The quantitative estimate of drug-likeness (QED) is 0.815. The second kappa shape index (κ2) is 5.63. The molecule has 19 heavy (non-hydrogen) atoms. The third-order valence-corrected chi connectivity index (χ3v) is 4.74. The van der Waals surface area contributed by atoms with Crippen LogP contribution in [0.4, 0.5) is 5.69 Å². The van der Waals surface area contributed by atoms with Crippen molar-refractivity contribution in [2.45, 2.75) is 39.8 Å². The van der Waals surface area contributed by atoms with E-state index in [1.807, 2.05) is 18.2 Å². The number of rotatable bonds is 1. The third-order valence-electron chi connectivity index (χ3n) is 3.83. The zero-order valence-electron chi connectivity index (χ0n) is 12.0. The third kappa shape index (κ3) is 3.45. The van der Waals surface area contributed by atoms with E-state index in [1.165, 1.54) is 5.69 Å². The highest BCUT2D eigenvalue weighted by atomic mass is 79.9. The summed E-state index contributed by atoms with van der Waals surface area (Å²) in [6, 6.07) is 6.94. The van der Waals surface area contributed by atoms with Crippen molar-refractivity contribution in [2.75, 3.05) is 18.0 Å². The van der Waals surface area contributed by atoms with Crippen molar-refractivity contribution in [2.24, 2.45) is 5.41 Å². The molecule has 1 N–H and O–H groups in total. The Morgan fingerprint density at radius 3 is 2.68 bits per heavy atom. The lowest BCUT2D eigenvalue weighted by Gasteiger charge is -2.45. The summed E-state index contributed by atoms with van der Waals surface area (Å²) in [5, 5.41) is 4.44. The second-order valence-corrected chi connectivity index (χ2v) is 7.71. The number of halogens is 2. The molecule has 1 fully saturated rings. The molecule has 0 amide bonds. The fraction of sp³-hybridized carbons (Fsp3) is 0.600. The first-order valence-corrected chi connectivity index (χ1v) is 7.91. The Hall–Kier alpha value is -0.250. The van der Waals surface area contributed by atoms with Crippen LogP contribution in [0.25, 0.3) is 0 Å². The van der Waals surface area contributed by atoms with Crippen LogP contribution in [0.15, 0.2) is 22.7 Å². The number of piperazine rings is 1. The molecule has 0 radical (unpaired) electrons. The van der Waals surface area contributed by atoms with Crippen molar-refractivity contribution in [1.82, 2.24) is 5.32 Å². The van der Waals surface area contributed by atoms with Gasteiger partial charge in [-0.15, -0.1) is 0 Å². The van der Waals surface area contributed by atoms with Gasteiger partial charge in [-0.25, -0.2) is 0 Å². The Labute approximate surface area is 129 Å². The van der Waals surface area contributed by atoms with E-state index in [-0.39, 0.29) is 5.41 Å². The molecule has 1 aromatic carbocycles. The van der Waals surface area contributed by atoms with Gasteiger partial charge in [0.1, 0.15) is 0 Å². The van der Waals surface area contributed by atoms with Crippen molar-refractivity contribution in [1.29, 1.82) is 0 Å². The van der Waals surface area contributed by atoms with Gasteiger partial charge in [0.2, 0.25) is 0 Å². The van der Waals surface area contributed by atoms with Gasteiger partial charge < -0.3 is 10.2 Å². The van der Waals surface area contributed by atoms with Gasteiger partial charge in [-0.05, 0) is 46.5 Å². The maximum Gasteiger partial charge on any atom is 0.0528 e. The van der Waals surface area contributed by atoms with Crippen LogP contribution in [0, 0.1) is 5.41 Å². The van der Waals surface area contributed by atoms with Crippen LogP contribution < -0.4 is 10.2 Å². The van der Waals surface area contributed by atoms with Crippen LogP contribution in [0.5, 0.6) is 0 Å². The molecular formula is C15H22BrClN2. The van der Waals surface area contributed by atoms with Crippen LogP contribution >= 0.6 is 27.5 Å². The lowest BCUT2D eigenvalue weighted by molar-refractivity contribution is 0.239. The van der Waals surface area contributed by atoms with Crippen molar-refractivity contribution in [3.05, 3.63) is 27.7 Å². The predicted molar refractivity (Wildman–Crippen MR) is 87.2 cm³/mol. The Kier molecular flexibility index (Phi) is 4.49. The SMILES string of the molecule is CC1CNC(C(C)(C)C)CN1c1cc(Cl)ccc1Br. The first kappa shape index (κ1) is 15.1. The number of anilines is 1. The second-order valence-electron chi connectivity index (χ2n) is 6.42. The minimum absolute atomic E-state index is 0.253. The van der Waals surface area contributed by atoms with Crippen LogP contribution in [0.3, 0.4) is 0 Å². The summed E-state index contributed by atoms with van der Waals surface area (Å²) in [5.41, 5.74) is 1.44. The van der Waals surface area contributed by atoms with E-state index in [2.05, 4.69) is 53.8 Å². The lowest BCUT2D eigenvalue weighted by atomic mass is 9.84. The van der Waals surface area contributed by atoms with Gasteiger partial charge in [0, 0.05) is 34.7 Å². The molecule has 2 nitrogen and oxygen atoms in total. The summed E-state index contributed by atoms with van der Waals surface area (Å²) in [5.74, 6) is 0. The molecule has 1 aromatic rings. The Balaban J connectivity index is 2.28. The molecule has 1 saturated heterocycles. The molecule has 1 aliphatic rings. The van der Waals surface area contributed by atoms with Gasteiger partial charge in [0.05, 0.1) is 5.69 Å². The molecule has 2 unspecified atom stereocenters. The maximum atomic E-state index is 6.15. The summed E-state index contributed by atoms with van der Waals surface area (Å²) >= 11 is 9.79. The highest BCUT2D eigenvalue weighted by Gasteiger charge is 2.33. The summed E-state index contributed by atoms with van der Waals surface area (Å²) in [6.45, 7) is 11.1. The van der Waals surface area contributed by atoms with E-state index in [9.17, 15) is 0 Å². The first-order valence-electron chi connectivity index (χ1n) is 6.74. The smallest absolute Gasteiger partial charge is 0.0528 e. The molecule has 2 rings (SSSR count). The molecule has 0 spiro atoms. The summed E-state index contributed by atoms with van der Waals surface area (Å²) in [7, 11) is 0. The standard InChI is InChI=1S/C15H22BrClN2/c1-10-8-18-14(15(2,3)4)9-19(10)13-7-11(17)5-6-12(13)16/h5-7,10,14,18H,8-9H2,1-4H3. The van der Waals surface area contributed by atoms with Crippen LogP contribution in [-0.4, -0.2) is 25.2 Å². The Morgan fingerprint density at radius 1 is 1.37 bits per heavy atom. The molecule has 4 heteroatoms. The van der Waals surface area contributed by atoms with E-state index in [1.54, 1.807) is 0 Å². The molecule has 0 aromatic heterocycles. The first-order chi connectivity index (χ1) is 8.79. The molecule has 106 valence electrons. The fourth-order valence-corrected chi connectivity index (χ4v) is 3.13. The van der Waals surface area contributed by atoms with Crippen molar-refractivity contribution >= 4 is 33.2 Å². The zero-order chi connectivity index (χ0) is 14.2. The monoisotopic (exact) mass is 344 g/mol. The maximum absolute atomic E-state index is 6.15. The Morgan fingerprint density at radius 2 is 2.05 bits per heavy atom. The minimum atomic E-state index is 0.253. The average molecular weight is 346 g/mol. The molecule has 1 heterocycles. The highest BCUT2D eigenvalue weighted by molar-refractivity contribution is 9.10. The molecule has 1 aliphatic heterocycles. The van der Waals surface area contributed by atoms with E-state index < -0.39 is 0 Å². The fourth-order valence-electron chi connectivity index (χ4n) is 2.49. The number of benzene rings is 1. The molecule has 0 aliphatic carbocycles.